The van der Waals surface area contributed by atoms with Crippen LogP contribution in [-0.4, -0.2) is 51.1 Å². The molecule has 0 N–H and O–H groups in total. The average molecular weight is 436 g/mol. The highest BCUT2D eigenvalue weighted by molar-refractivity contribution is 5.76. The number of carbonyl (C=O) groups excluding carboxylic acids is 1. The van der Waals surface area contributed by atoms with E-state index in [0.29, 0.717) is 23.8 Å². The number of aromatic nitrogens is 4. The zero-order valence-corrected chi connectivity index (χ0v) is 18.9. The molecular weight excluding hydrogens is 406 g/mol. The van der Waals surface area contributed by atoms with E-state index in [0.717, 1.165) is 55.8 Å². The summed E-state index contributed by atoms with van der Waals surface area (Å²) in [7, 11) is 1.68. The second-order valence-corrected chi connectivity index (χ2v) is 8.31. The molecule has 0 unspecified atom stereocenters. The molecule has 0 radical (unpaired) electrons. The Balaban J connectivity index is 1.24. The van der Waals surface area contributed by atoms with Crippen LogP contribution in [0, 0.1) is 13.8 Å². The van der Waals surface area contributed by atoms with Crippen molar-refractivity contribution in [3.63, 3.8) is 0 Å². The molecule has 1 saturated heterocycles. The van der Waals surface area contributed by atoms with Crippen molar-refractivity contribution < 1.29 is 14.1 Å². The van der Waals surface area contributed by atoms with Gasteiger partial charge in [0.15, 0.2) is 5.82 Å². The maximum Gasteiger partial charge on any atom is 0.278 e. The van der Waals surface area contributed by atoms with Gasteiger partial charge in [0.1, 0.15) is 11.4 Å². The highest BCUT2D eigenvalue weighted by Gasteiger charge is 2.27. The highest BCUT2D eigenvalue weighted by Crippen LogP contribution is 2.28. The van der Waals surface area contributed by atoms with Gasteiger partial charge in [-0.25, -0.2) is 4.98 Å². The number of piperidine rings is 1. The van der Waals surface area contributed by atoms with E-state index >= 15 is 0 Å². The van der Waals surface area contributed by atoms with Gasteiger partial charge >= 0.3 is 0 Å². The second kappa shape index (κ2) is 9.89. The third-order valence-electron chi connectivity index (χ3n) is 5.97. The van der Waals surface area contributed by atoms with E-state index in [1.165, 1.54) is 5.56 Å². The third kappa shape index (κ3) is 5.12. The molecule has 8 nitrogen and oxygen atoms in total. The van der Waals surface area contributed by atoms with Crippen molar-refractivity contribution in [2.24, 2.45) is 0 Å². The first kappa shape index (κ1) is 21.9. The Labute approximate surface area is 188 Å². The molecule has 0 bridgehead atoms. The summed E-state index contributed by atoms with van der Waals surface area (Å²) in [4.78, 5) is 27.6. The summed E-state index contributed by atoms with van der Waals surface area (Å²) in [5, 5.41) is 4.14. The van der Waals surface area contributed by atoms with Crippen molar-refractivity contribution in [1.29, 1.82) is 0 Å². The van der Waals surface area contributed by atoms with Crippen LogP contribution in [0.15, 0.2) is 35.1 Å². The first-order valence-electron chi connectivity index (χ1n) is 11.1. The van der Waals surface area contributed by atoms with Crippen LogP contribution in [0.1, 0.15) is 54.2 Å². The van der Waals surface area contributed by atoms with Gasteiger partial charge in [0.05, 0.1) is 19.0 Å². The van der Waals surface area contributed by atoms with E-state index in [-0.39, 0.29) is 11.8 Å². The Morgan fingerprint density at radius 2 is 2.00 bits per heavy atom. The molecule has 1 aliphatic heterocycles. The summed E-state index contributed by atoms with van der Waals surface area (Å²) in [6.07, 6.45) is 7.29. The van der Waals surface area contributed by atoms with Crippen LogP contribution < -0.4 is 4.74 Å². The number of rotatable bonds is 7. The predicted molar refractivity (Wildman–Crippen MR) is 119 cm³/mol. The van der Waals surface area contributed by atoms with Crippen LogP contribution in [0.2, 0.25) is 0 Å². The molecule has 1 fully saturated rings. The first-order chi connectivity index (χ1) is 15.5. The summed E-state index contributed by atoms with van der Waals surface area (Å²) in [5.74, 6) is 2.38. The van der Waals surface area contributed by atoms with Gasteiger partial charge in [-0.15, -0.1) is 0 Å². The van der Waals surface area contributed by atoms with Gasteiger partial charge in [-0.2, -0.15) is 4.98 Å². The lowest BCUT2D eigenvalue weighted by Crippen LogP contribution is -2.38. The maximum atomic E-state index is 12.7. The number of hydrogen-bond donors (Lipinski definition) is 0. The highest BCUT2D eigenvalue weighted by atomic mass is 16.5. The van der Waals surface area contributed by atoms with E-state index in [9.17, 15) is 4.79 Å². The normalized spacial score (nSPS) is 14.5. The number of benzene rings is 1. The van der Waals surface area contributed by atoms with E-state index in [4.69, 9.17) is 9.26 Å². The fourth-order valence-corrected chi connectivity index (χ4v) is 4.09. The molecule has 32 heavy (non-hydrogen) atoms. The maximum absolute atomic E-state index is 12.7. The molecule has 0 spiro atoms. The van der Waals surface area contributed by atoms with Crippen LogP contribution in [-0.2, 0) is 11.2 Å². The van der Waals surface area contributed by atoms with Crippen molar-refractivity contribution in [1.82, 2.24) is 25.0 Å². The Kier molecular flexibility index (Phi) is 6.78. The van der Waals surface area contributed by atoms with Crippen LogP contribution in [0.25, 0.3) is 11.6 Å². The SMILES string of the molecule is COc1ccc(CCCC(=O)N2CCC(c3noc(-c4cnc(C)cn4)n3)CC2)cc1C. The molecule has 3 aromatic rings. The molecule has 168 valence electrons. The largest absolute Gasteiger partial charge is 0.496 e. The van der Waals surface area contributed by atoms with Gasteiger partial charge in [0, 0.05) is 31.6 Å². The van der Waals surface area contributed by atoms with Crippen molar-refractivity contribution in [2.45, 2.75) is 51.9 Å². The summed E-state index contributed by atoms with van der Waals surface area (Å²) < 4.78 is 10.7. The molecular formula is C24H29N5O3. The lowest BCUT2D eigenvalue weighted by molar-refractivity contribution is -0.132. The molecule has 3 heterocycles. The quantitative estimate of drug-likeness (QED) is 0.556. The van der Waals surface area contributed by atoms with Gasteiger partial charge in [-0.05, 0) is 56.7 Å². The zero-order chi connectivity index (χ0) is 22.5. The molecule has 2 aromatic heterocycles. The number of aryl methyl sites for hydroxylation is 3. The number of methoxy groups -OCH3 is 1. The molecule has 1 amide bonds. The lowest BCUT2D eigenvalue weighted by atomic mass is 9.95. The lowest BCUT2D eigenvalue weighted by Gasteiger charge is -2.30. The fourth-order valence-electron chi connectivity index (χ4n) is 4.09. The second-order valence-electron chi connectivity index (χ2n) is 8.31. The topological polar surface area (TPSA) is 94.2 Å². The van der Waals surface area contributed by atoms with Crippen LogP contribution in [0.4, 0.5) is 0 Å². The summed E-state index contributed by atoms with van der Waals surface area (Å²) in [5.41, 5.74) is 3.78. The molecule has 8 heteroatoms. The van der Waals surface area contributed by atoms with E-state index < -0.39 is 0 Å². The van der Waals surface area contributed by atoms with Crippen LogP contribution in [0.3, 0.4) is 0 Å². The summed E-state index contributed by atoms with van der Waals surface area (Å²) in [6, 6.07) is 6.20. The van der Waals surface area contributed by atoms with E-state index in [1.54, 1.807) is 19.5 Å². The summed E-state index contributed by atoms with van der Waals surface area (Å²) >= 11 is 0. The Hall–Kier alpha value is -3.29. The molecule has 1 aliphatic rings. The number of carbonyl (C=O) groups is 1. The average Bonchev–Trinajstić information content (AvgIpc) is 3.30. The van der Waals surface area contributed by atoms with Crippen molar-refractivity contribution in [2.75, 3.05) is 20.2 Å². The Morgan fingerprint density at radius 3 is 2.69 bits per heavy atom. The number of nitrogens with zero attached hydrogens (tertiary/aromatic N) is 5. The van der Waals surface area contributed by atoms with Crippen LogP contribution >= 0.6 is 0 Å². The number of likely N-dealkylation sites (tertiary alicyclic amines) is 1. The number of hydrogen-bond acceptors (Lipinski definition) is 7. The molecule has 0 aliphatic carbocycles. The third-order valence-corrected chi connectivity index (χ3v) is 5.97. The van der Waals surface area contributed by atoms with Gasteiger partial charge in [0.25, 0.3) is 5.89 Å². The van der Waals surface area contributed by atoms with Crippen molar-refractivity contribution >= 4 is 5.91 Å². The first-order valence-corrected chi connectivity index (χ1v) is 11.1. The van der Waals surface area contributed by atoms with Gasteiger partial charge < -0.3 is 14.2 Å². The van der Waals surface area contributed by atoms with Gasteiger partial charge in [-0.3, -0.25) is 9.78 Å². The molecule has 1 aromatic carbocycles. The Morgan fingerprint density at radius 1 is 1.19 bits per heavy atom. The smallest absolute Gasteiger partial charge is 0.278 e. The van der Waals surface area contributed by atoms with Crippen molar-refractivity contribution in [3.8, 4) is 17.3 Å². The Bertz CT molecular complexity index is 1060. The number of ether oxygens (including phenoxy) is 1. The minimum absolute atomic E-state index is 0.192. The molecule has 0 saturated carbocycles. The van der Waals surface area contributed by atoms with Crippen LogP contribution in [0.5, 0.6) is 5.75 Å². The van der Waals surface area contributed by atoms with E-state index in [1.807, 2.05) is 24.8 Å². The minimum atomic E-state index is 0.192. The minimum Gasteiger partial charge on any atom is -0.496 e. The van der Waals surface area contributed by atoms with E-state index in [2.05, 4.69) is 32.2 Å². The molecule has 0 atom stereocenters. The molecule has 4 rings (SSSR count). The monoisotopic (exact) mass is 435 g/mol. The zero-order valence-electron chi connectivity index (χ0n) is 18.9. The van der Waals surface area contributed by atoms with Gasteiger partial charge in [-0.1, -0.05) is 17.3 Å². The predicted octanol–water partition coefficient (Wildman–Crippen LogP) is 3.88. The summed E-state index contributed by atoms with van der Waals surface area (Å²) in [6.45, 7) is 5.36. The van der Waals surface area contributed by atoms with Gasteiger partial charge in [0.2, 0.25) is 5.91 Å². The fraction of sp³-hybridized carbons (Fsp3) is 0.458. The standard InChI is InChI=1S/C24H29N5O3/c1-16-13-18(7-8-21(16)31-3)5-4-6-22(30)29-11-9-19(10-12-29)23-27-24(32-28-23)20-15-25-17(2)14-26-20/h7-8,13-15,19H,4-6,9-12H2,1-3H3. The van der Waals surface area contributed by atoms with Crippen molar-refractivity contribution in [3.05, 3.63) is 53.2 Å². The number of amides is 1.